The summed E-state index contributed by atoms with van der Waals surface area (Å²) in [4.78, 5) is 15.3. The zero-order chi connectivity index (χ0) is 26.2. The van der Waals surface area contributed by atoms with Crippen LogP contribution in [-0.4, -0.2) is 58.7 Å². The highest BCUT2D eigenvalue weighted by atomic mass is 32.2. The van der Waals surface area contributed by atoms with E-state index in [1.165, 1.54) is 12.8 Å². The van der Waals surface area contributed by atoms with Crippen molar-refractivity contribution in [3.63, 3.8) is 0 Å². The van der Waals surface area contributed by atoms with E-state index in [1.54, 1.807) is 11.0 Å². The fourth-order valence-corrected chi connectivity index (χ4v) is 7.09. The second-order valence-corrected chi connectivity index (χ2v) is 12.3. The molecule has 37 heavy (non-hydrogen) atoms. The number of aromatic amines is 1. The second-order valence-electron chi connectivity index (χ2n) is 10.0. The van der Waals surface area contributed by atoms with E-state index in [2.05, 4.69) is 17.1 Å². The number of rotatable bonds is 9. The number of carbonyl (C=O) groups is 1. The Morgan fingerprint density at radius 3 is 2.62 bits per heavy atom. The molecule has 0 spiro atoms. The van der Waals surface area contributed by atoms with Gasteiger partial charge in [-0.05, 0) is 49.6 Å². The number of benzene rings is 2. The maximum absolute atomic E-state index is 13.6. The molecule has 0 saturated carbocycles. The summed E-state index contributed by atoms with van der Waals surface area (Å²) in [6.45, 7) is 4.75. The minimum Gasteiger partial charge on any atom is -0.507 e. The highest BCUT2D eigenvalue weighted by molar-refractivity contribution is 7.91. The first-order valence-electron chi connectivity index (χ1n) is 12.9. The van der Waals surface area contributed by atoms with Crippen LogP contribution in [0.15, 0.2) is 42.5 Å². The van der Waals surface area contributed by atoms with Gasteiger partial charge in [0.2, 0.25) is 0 Å². The standard InChI is InChI=1S/C28H33N3O5S/c1-3-4-5-6-14-36-21-10-8-19(9-11-21)27-24-25(22-16-18(2)7-12-23(22)32)29-30-26(24)28(33)31(27)20-13-15-37(34,35)17-20/h7-12,16,20,27,32H,3-6,13-15,17H2,1-2H3,(H,29,30). The zero-order valence-electron chi connectivity index (χ0n) is 21.2. The van der Waals surface area contributed by atoms with Gasteiger partial charge >= 0.3 is 0 Å². The molecule has 2 N–H and O–H groups in total. The lowest BCUT2D eigenvalue weighted by atomic mass is 9.94. The Hall–Kier alpha value is -3.33. The average Bonchev–Trinajstić information content (AvgIpc) is 3.54. The second kappa shape index (κ2) is 10.2. The molecule has 0 bridgehead atoms. The van der Waals surface area contributed by atoms with Crippen LogP contribution in [0.2, 0.25) is 0 Å². The third-order valence-electron chi connectivity index (χ3n) is 7.28. The first-order chi connectivity index (χ1) is 17.8. The maximum Gasteiger partial charge on any atom is 0.273 e. The molecule has 0 aliphatic carbocycles. The number of fused-ring (bicyclic) bond motifs is 1. The Morgan fingerprint density at radius 1 is 1.14 bits per heavy atom. The average molecular weight is 524 g/mol. The molecule has 9 heteroatoms. The van der Waals surface area contributed by atoms with Crippen LogP contribution in [0.3, 0.4) is 0 Å². The third kappa shape index (κ3) is 4.97. The quantitative estimate of drug-likeness (QED) is 0.390. The van der Waals surface area contributed by atoms with E-state index in [9.17, 15) is 18.3 Å². The molecule has 2 atom stereocenters. The Bertz CT molecular complexity index is 1400. The van der Waals surface area contributed by atoms with Crippen LogP contribution in [0.5, 0.6) is 11.5 Å². The smallest absolute Gasteiger partial charge is 0.273 e. The number of nitrogens with zero attached hydrogens (tertiary/aromatic N) is 2. The molecule has 5 rings (SSSR count). The predicted molar refractivity (Wildman–Crippen MR) is 142 cm³/mol. The first kappa shape index (κ1) is 25.3. The highest BCUT2D eigenvalue weighted by Gasteiger charge is 2.48. The van der Waals surface area contributed by atoms with Gasteiger partial charge in [0.05, 0.1) is 24.2 Å². The normalized spacial score (nSPS) is 20.4. The van der Waals surface area contributed by atoms with Crippen LogP contribution in [0.25, 0.3) is 11.3 Å². The van der Waals surface area contributed by atoms with Crippen molar-refractivity contribution in [2.75, 3.05) is 18.1 Å². The molecular formula is C28H33N3O5S. The highest BCUT2D eigenvalue weighted by Crippen LogP contribution is 2.46. The van der Waals surface area contributed by atoms with E-state index in [0.29, 0.717) is 35.5 Å². The SMILES string of the molecule is CCCCCCOc1ccc(C2c3c(-c4cc(C)ccc4O)n[nH]c3C(=O)N2C2CCS(=O)(=O)C2)cc1. The number of hydrogen-bond acceptors (Lipinski definition) is 6. The summed E-state index contributed by atoms with van der Waals surface area (Å²) in [6, 6.07) is 11.9. The lowest BCUT2D eigenvalue weighted by Crippen LogP contribution is -2.40. The summed E-state index contributed by atoms with van der Waals surface area (Å²) >= 11 is 0. The van der Waals surface area contributed by atoms with Gasteiger partial charge in [0.15, 0.2) is 9.84 Å². The van der Waals surface area contributed by atoms with Crippen molar-refractivity contribution >= 4 is 15.7 Å². The van der Waals surface area contributed by atoms with E-state index >= 15 is 0 Å². The first-order valence-corrected chi connectivity index (χ1v) is 14.8. The van der Waals surface area contributed by atoms with Crippen LogP contribution in [0.1, 0.15) is 72.2 Å². The van der Waals surface area contributed by atoms with Crippen molar-refractivity contribution in [1.29, 1.82) is 0 Å². The van der Waals surface area contributed by atoms with Crippen molar-refractivity contribution in [2.24, 2.45) is 0 Å². The third-order valence-corrected chi connectivity index (χ3v) is 9.03. The number of hydrogen-bond donors (Lipinski definition) is 2. The number of aromatic hydroxyl groups is 1. The van der Waals surface area contributed by atoms with Crippen LogP contribution in [-0.2, 0) is 9.84 Å². The number of phenols is 1. The Kier molecular flexibility index (Phi) is 6.98. The monoisotopic (exact) mass is 523 g/mol. The number of aryl methyl sites for hydroxylation is 1. The van der Waals surface area contributed by atoms with Gasteiger partial charge in [-0.1, -0.05) is 49.9 Å². The fourth-order valence-electron chi connectivity index (χ4n) is 5.37. The minimum absolute atomic E-state index is 0.0586. The lowest BCUT2D eigenvalue weighted by molar-refractivity contribution is 0.0677. The molecule has 2 aliphatic heterocycles. The number of unbranched alkanes of at least 4 members (excludes halogenated alkanes) is 3. The molecule has 3 aromatic rings. The van der Waals surface area contributed by atoms with Crippen molar-refractivity contribution in [3.8, 4) is 22.8 Å². The topological polar surface area (TPSA) is 113 Å². The number of carbonyl (C=O) groups excluding carboxylic acids is 1. The molecule has 2 unspecified atom stereocenters. The number of phenolic OH excluding ortho intramolecular Hbond substituents is 1. The molecule has 196 valence electrons. The molecule has 2 aromatic carbocycles. The summed E-state index contributed by atoms with van der Waals surface area (Å²) in [5, 5.41) is 17.9. The minimum atomic E-state index is -3.21. The molecule has 1 saturated heterocycles. The molecule has 2 aliphatic rings. The number of ether oxygens (including phenoxy) is 1. The van der Waals surface area contributed by atoms with Gasteiger partial charge < -0.3 is 14.7 Å². The van der Waals surface area contributed by atoms with Crippen molar-refractivity contribution < 1.29 is 23.1 Å². The predicted octanol–water partition coefficient (Wildman–Crippen LogP) is 4.78. The Labute approximate surface area is 217 Å². The molecular weight excluding hydrogens is 490 g/mol. The van der Waals surface area contributed by atoms with E-state index in [1.807, 2.05) is 43.3 Å². The molecule has 1 fully saturated rings. The number of nitrogens with one attached hydrogen (secondary N) is 1. The van der Waals surface area contributed by atoms with Gasteiger partial charge in [0.25, 0.3) is 5.91 Å². The van der Waals surface area contributed by atoms with Gasteiger partial charge in [0.1, 0.15) is 22.9 Å². The summed E-state index contributed by atoms with van der Waals surface area (Å²) in [7, 11) is -3.21. The molecule has 0 radical (unpaired) electrons. The zero-order valence-corrected chi connectivity index (χ0v) is 22.1. The van der Waals surface area contributed by atoms with E-state index in [-0.39, 0.29) is 23.2 Å². The molecule has 1 amide bonds. The van der Waals surface area contributed by atoms with Crippen LogP contribution < -0.4 is 4.74 Å². The van der Waals surface area contributed by atoms with E-state index in [0.717, 1.165) is 29.7 Å². The van der Waals surface area contributed by atoms with Gasteiger partial charge in [-0.2, -0.15) is 5.10 Å². The summed E-state index contributed by atoms with van der Waals surface area (Å²) in [5.74, 6) is 0.556. The van der Waals surface area contributed by atoms with Gasteiger partial charge in [0, 0.05) is 17.2 Å². The maximum atomic E-state index is 13.6. The largest absolute Gasteiger partial charge is 0.507 e. The number of H-pyrrole nitrogens is 1. The molecule has 8 nitrogen and oxygen atoms in total. The molecule has 1 aromatic heterocycles. The Balaban J connectivity index is 1.52. The number of sulfone groups is 1. The van der Waals surface area contributed by atoms with Crippen molar-refractivity contribution in [1.82, 2.24) is 15.1 Å². The lowest BCUT2D eigenvalue weighted by Gasteiger charge is -2.31. The van der Waals surface area contributed by atoms with Gasteiger partial charge in [-0.25, -0.2) is 8.42 Å². The van der Waals surface area contributed by atoms with Crippen LogP contribution in [0.4, 0.5) is 0 Å². The van der Waals surface area contributed by atoms with Crippen LogP contribution in [0, 0.1) is 6.92 Å². The van der Waals surface area contributed by atoms with Crippen LogP contribution >= 0.6 is 0 Å². The van der Waals surface area contributed by atoms with Crippen molar-refractivity contribution in [2.45, 2.75) is 58.0 Å². The number of aromatic nitrogens is 2. The Morgan fingerprint density at radius 2 is 1.92 bits per heavy atom. The van der Waals surface area contributed by atoms with E-state index < -0.39 is 21.9 Å². The fraction of sp³-hybridized carbons (Fsp3) is 0.429. The van der Waals surface area contributed by atoms with Gasteiger partial charge in [-0.3, -0.25) is 9.89 Å². The van der Waals surface area contributed by atoms with Gasteiger partial charge in [-0.15, -0.1) is 0 Å². The summed E-state index contributed by atoms with van der Waals surface area (Å²) < 4.78 is 30.6. The summed E-state index contributed by atoms with van der Waals surface area (Å²) in [6.07, 6.45) is 4.89. The van der Waals surface area contributed by atoms with Crippen molar-refractivity contribution in [3.05, 3.63) is 64.8 Å². The molecule has 3 heterocycles. The summed E-state index contributed by atoms with van der Waals surface area (Å²) in [5.41, 5.74) is 3.80. The van der Waals surface area contributed by atoms with E-state index in [4.69, 9.17) is 4.74 Å². The number of amides is 1.